The maximum absolute atomic E-state index is 5.40. The predicted octanol–water partition coefficient (Wildman–Crippen LogP) is 2.13. The fourth-order valence-electron chi connectivity index (χ4n) is 0.854. The number of rotatable bonds is 7. The van der Waals surface area contributed by atoms with Gasteiger partial charge in [0.05, 0.1) is 0 Å². The molecule has 0 amide bonds. The van der Waals surface area contributed by atoms with E-state index >= 15 is 0 Å². The molecular weight excluding hydrogens is 172 g/mol. The van der Waals surface area contributed by atoms with E-state index in [1.165, 1.54) is 0 Å². The normalized spacial score (nSPS) is 11.0. The van der Waals surface area contributed by atoms with Crippen molar-refractivity contribution in [3.63, 3.8) is 0 Å². The Morgan fingerprint density at radius 1 is 1.36 bits per heavy atom. The smallest absolute Gasteiger partial charge is 0.0266 e. The molecule has 78 valence electrons. The second-order valence-electron chi connectivity index (χ2n) is 3.00. The van der Waals surface area contributed by atoms with Crippen molar-refractivity contribution in [2.75, 3.05) is 13.1 Å². The van der Waals surface area contributed by atoms with Crippen LogP contribution in [0.3, 0.4) is 0 Å². The zero-order valence-corrected chi connectivity index (χ0v) is 8.92. The molecule has 0 unspecified atom stereocenters. The molecule has 14 heavy (non-hydrogen) atoms. The molecule has 0 heterocycles. The van der Waals surface area contributed by atoms with Gasteiger partial charge in [-0.3, -0.25) is 0 Å². The van der Waals surface area contributed by atoms with Gasteiger partial charge in [-0.2, -0.15) is 0 Å². The first-order valence-corrected chi connectivity index (χ1v) is 4.83. The van der Waals surface area contributed by atoms with Gasteiger partial charge in [-0.15, -0.1) is 0 Å². The standard InChI is InChI=1S/C12H20N2/c1-4-14-12(3)9-7-5-6-8-11(2)10-13/h5-7,9,14H,2-4,8,10,13H2,1H3/b6-5-,9-7-. The van der Waals surface area contributed by atoms with E-state index in [1.807, 2.05) is 31.2 Å². The van der Waals surface area contributed by atoms with Gasteiger partial charge in [0.25, 0.3) is 0 Å². The lowest BCUT2D eigenvalue weighted by molar-refractivity contribution is 0.883. The molecule has 3 N–H and O–H groups in total. The Bertz CT molecular complexity index is 237. The Balaban J connectivity index is 3.70. The minimum Gasteiger partial charge on any atom is -0.386 e. The molecule has 0 aromatic rings. The van der Waals surface area contributed by atoms with Gasteiger partial charge in [0, 0.05) is 18.8 Å². The lowest BCUT2D eigenvalue weighted by atomic mass is 10.2. The van der Waals surface area contributed by atoms with E-state index in [0.29, 0.717) is 6.54 Å². The SMILES string of the molecule is C=C(CN)C/C=C\C=C/C(=C)NCC. The highest BCUT2D eigenvalue weighted by Gasteiger charge is 1.83. The van der Waals surface area contributed by atoms with Crippen molar-refractivity contribution in [3.8, 4) is 0 Å². The molecule has 0 spiro atoms. The van der Waals surface area contributed by atoms with Crippen LogP contribution in [0.25, 0.3) is 0 Å². The summed E-state index contributed by atoms with van der Waals surface area (Å²) in [5.74, 6) is 0. The summed E-state index contributed by atoms with van der Waals surface area (Å²) in [6, 6.07) is 0. The number of nitrogens with one attached hydrogen (secondary N) is 1. The average Bonchev–Trinajstić information content (AvgIpc) is 2.17. The van der Waals surface area contributed by atoms with Crippen LogP contribution < -0.4 is 11.1 Å². The number of hydrogen-bond donors (Lipinski definition) is 2. The quantitative estimate of drug-likeness (QED) is 0.479. The van der Waals surface area contributed by atoms with E-state index in [4.69, 9.17) is 5.73 Å². The van der Waals surface area contributed by atoms with Crippen molar-refractivity contribution in [1.29, 1.82) is 0 Å². The molecular formula is C12H20N2. The van der Waals surface area contributed by atoms with Gasteiger partial charge in [0.15, 0.2) is 0 Å². The zero-order chi connectivity index (χ0) is 10.8. The Morgan fingerprint density at radius 2 is 2.07 bits per heavy atom. The summed E-state index contributed by atoms with van der Waals surface area (Å²) in [6.45, 7) is 11.1. The minimum absolute atomic E-state index is 0.554. The van der Waals surface area contributed by atoms with Crippen molar-refractivity contribution in [2.24, 2.45) is 5.73 Å². The van der Waals surface area contributed by atoms with Crippen LogP contribution in [0.15, 0.2) is 48.7 Å². The molecule has 2 heteroatoms. The van der Waals surface area contributed by atoms with Gasteiger partial charge < -0.3 is 11.1 Å². The summed E-state index contributed by atoms with van der Waals surface area (Å²) in [4.78, 5) is 0. The van der Waals surface area contributed by atoms with Gasteiger partial charge in [0.1, 0.15) is 0 Å². The predicted molar refractivity (Wildman–Crippen MR) is 63.9 cm³/mol. The molecule has 0 saturated heterocycles. The Morgan fingerprint density at radius 3 is 2.64 bits per heavy atom. The van der Waals surface area contributed by atoms with Crippen LogP contribution in [0.2, 0.25) is 0 Å². The molecule has 0 radical (unpaired) electrons. The number of allylic oxidation sites excluding steroid dienone is 4. The highest BCUT2D eigenvalue weighted by atomic mass is 14.8. The second kappa shape index (κ2) is 8.32. The van der Waals surface area contributed by atoms with Gasteiger partial charge in [-0.25, -0.2) is 0 Å². The topological polar surface area (TPSA) is 38.0 Å². The molecule has 0 aliphatic carbocycles. The highest BCUT2D eigenvalue weighted by molar-refractivity contribution is 5.18. The van der Waals surface area contributed by atoms with Gasteiger partial charge >= 0.3 is 0 Å². The molecule has 2 nitrogen and oxygen atoms in total. The molecule has 0 atom stereocenters. The summed E-state index contributed by atoms with van der Waals surface area (Å²) in [5.41, 5.74) is 7.37. The Labute approximate surface area is 86.9 Å². The summed E-state index contributed by atoms with van der Waals surface area (Å²) < 4.78 is 0. The van der Waals surface area contributed by atoms with Gasteiger partial charge in [-0.05, 0) is 19.4 Å². The first-order valence-electron chi connectivity index (χ1n) is 4.83. The van der Waals surface area contributed by atoms with Crippen molar-refractivity contribution in [3.05, 3.63) is 48.7 Å². The van der Waals surface area contributed by atoms with Crippen molar-refractivity contribution in [1.82, 2.24) is 5.32 Å². The molecule has 0 aliphatic heterocycles. The fourth-order valence-corrected chi connectivity index (χ4v) is 0.854. The van der Waals surface area contributed by atoms with Crippen molar-refractivity contribution < 1.29 is 0 Å². The molecule has 0 rings (SSSR count). The van der Waals surface area contributed by atoms with Crippen molar-refractivity contribution in [2.45, 2.75) is 13.3 Å². The van der Waals surface area contributed by atoms with Crippen LogP contribution >= 0.6 is 0 Å². The third kappa shape index (κ3) is 7.37. The summed E-state index contributed by atoms with van der Waals surface area (Å²) in [5, 5.41) is 3.10. The molecule has 0 aromatic carbocycles. The van der Waals surface area contributed by atoms with Crippen LogP contribution in [0, 0.1) is 0 Å². The summed E-state index contributed by atoms with van der Waals surface area (Å²) in [7, 11) is 0. The van der Waals surface area contributed by atoms with Gasteiger partial charge in [0.2, 0.25) is 0 Å². The van der Waals surface area contributed by atoms with Crippen LogP contribution in [-0.2, 0) is 0 Å². The van der Waals surface area contributed by atoms with E-state index < -0.39 is 0 Å². The summed E-state index contributed by atoms with van der Waals surface area (Å²) in [6.07, 6.45) is 8.74. The van der Waals surface area contributed by atoms with Crippen LogP contribution in [0.5, 0.6) is 0 Å². The monoisotopic (exact) mass is 192 g/mol. The lowest BCUT2D eigenvalue weighted by Gasteiger charge is -1.98. The minimum atomic E-state index is 0.554. The molecule has 0 aromatic heterocycles. The van der Waals surface area contributed by atoms with E-state index in [0.717, 1.165) is 24.2 Å². The van der Waals surface area contributed by atoms with E-state index in [2.05, 4.69) is 18.5 Å². The summed E-state index contributed by atoms with van der Waals surface area (Å²) >= 11 is 0. The van der Waals surface area contributed by atoms with E-state index in [1.54, 1.807) is 0 Å². The zero-order valence-electron chi connectivity index (χ0n) is 8.92. The average molecular weight is 192 g/mol. The van der Waals surface area contributed by atoms with E-state index in [-0.39, 0.29) is 0 Å². The van der Waals surface area contributed by atoms with Crippen molar-refractivity contribution >= 4 is 0 Å². The molecule has 0 fully saturated rings. The third-order valence-electron chi connectivity index (χ3n) is 1.64. The van der Waals surface area contributed by atoms with Crippen LogP contribution in [0.1, 0.15) is 13.3 Å². The first-order chi connectivity index (χ1) is 6.70. The number of nitrogens with two attached hydrogens (primary N) is 1. The maximum Gasteiger partial charge on any atom is 0.0266 e. The first kappa shape index (κ1) is 12.7. The van der Waals surface area contributed by atoms with E-state index in [9.17, 15) is 0 Å². The Kier molecular flexibility index (Phi) is 7.56. The largest absolute Gasteiger partial charge is 0.386 e. The molecule has 0 bridgehead atoms. The number of likely N-dealkylation sites (N-methyl/N-ethyl adjacent to an activating group) is 1. The Hall–Kier alpha value is -1.28. The van der Waals surface area contributed by atoms with Crippen LogP contribution in [0.4, 0.5) is 0 Å². The maximum atomic E-state index is 5.40. The third-order valence-corrected chi connectivity index (χ3v) is 1.64. The van der Waals surface area contributed by atoms with Gasteiger partial charge in [-0.1, -0.05) is 37.0 Å². The molecule has 0 aliphatic rings. The highest BCUT2D eigenvalue weighted by Crippen LogP contribution is 1.96. The number of hydrogen-bond acceptors (Lipinski definition) is 2. The molecule has 0 saturated carbocycles. The lowest BCUT2D eigenvalue weighted by Crippen LogP contribution is -2.08. The van der Waals surface area contributed by atoms with Crippen LogP contribution in [-0.4, -0.2) is 13.1 Å². The second-order valence-corrected chi connectivity index (χ2v) is 3.00. The fraction of sp³-hybridized carbons (Fsp3) is 0.333.